The van der Waals surface area contributed by atoms with Crippen molar-refractivity contribution in [2.45, 2.75) is 19.1 Å². The molecule has 0 radical (unpaired) electrons. The fourth-order valence-electron chi connectivity index (χ4n) is 2.42. The van der Waals surface area contributed by atoms with Gasteiger partial charge in [0.05, 0.1) is 0 Å². The normalized spacial score (nSPS) is 12.1. The highest BCUT2D eigenvalue weighted by molar-refractivity contribution is 5.73. The quantitative estimate of drug-likeness (QED) is 0.689. The van der Waals surface area contributed by atoms with Crippen molar-refractivity contribution < 1.29 is 19.0 Å². The highest BCUT2D eigenvalue weighted by Crippen LogP contribution is 2.12. The van der Waals surface area contributed by atoms with Crippen LogP contribution in [-0.4, -0.2) is 41.7 Å². The molecule has 0 aromatic heterocycles. The maximum absolute atomic E-state index is 12.9. The van der Waals surface area contributed by atoms with Crippen LogP contribution in [0.15, 0.2) is 54.6 Å². The van der Waals surface area contributed by atoms with Gasteiger partial charge in [-0.25, -0.2) is 4.39 Å². The zero-order valence-corrected chi connectivity index (χ0v) is 14.0. The van der Waals surface area contributed by atoms with Crippen LogP contribution in [0.25, 0.3) is 0 Å². The molecule has 3 N–H and O–H groups in total. The Bertz CT molecular complexity index is 649. The van der Waals surface area contributed by atoms with E-state index in [2.05, 4.69) is 0 Å². The average Bonchev–Trinajstić information content (AvgIpc) is 2.60. The fraction of sp³-hybridized carbons (Fsp3) is 0.316. The summed E-state index contributed by atoms with van der Waals surface area (Å²) in [6, 6.07) is 15.4. The Balaban J connectivity index is 1.87. The first-order chi connectivity index (χ1) is 12.0. The van der Waals surface area contributed by atoms with Crippen molar-refractivity contribution in [2.75, 3.05) is 19.7 Å². The lowest BCUT2D eigenvalue weighted by Crippen LogP contribution is -2.37. The number of nitrogens with zero attached hydrogens (tertiary/aromatic N) is 1. The molecular weight excluding hydrogens is 323 g/mol. The van der Waals surface area contributed by atoms with E-state index in [1.165, 1.54) is 24.3 Å². The van der Waals surface area contributed by atoms with Crippen LogP contribution in [-0.2, 0) is 11.3 Å². The Morgan fingerprint density at radius 1 is 1.16 bits per heavy atom. The lowest BCUT2D eigenvalue weighted by Gasteiger charge is -2.25. The van der Waals surface area contributed by atoms with Crippen molar-refractivity contribution in [2.24, 2.45) is 5.73 Å². The Kier molecular flexibility index (Phi) is 7.37. The molecule has 2 aromatic rings. The van der Waals surface area contributed by atoms with Crippen LogP contribution in [0.3, 0.4) is 0 Å². The van der Waals surface area contributed by atoms with Crippen LogP contribution in [0.5, 0.6) is 5.75 Å². The van der Waals surface area contributed by atoms with Gasteiger partial charge in [0.1, 0.15) is 24.3 Å². The summed E-state index contributed by atoms with van der Waals surface area (Å²) in [5, 5.41) is 10.2. The number of amides is 1. The second-order valence-electron chi connectivity index (χ2n) is 5.86. The lowest BCUT2D eigenvalue weighted by molar-refractivity contribution is -0.118. The molecule has 1 atom stereocenters. The van der Waals surface area contributed by atoms with Crippen LogP contribution in [0.2, 0.25) is 0 Å². The molecule has 0 bridgehead atoms. The van der Waals surface area contributed by atoms with Gasteiger partial charge in [-0.15, -0.1) is 0 Å². The highest BCUT2D eigenvalue weighted by Gasteiger charge is 2.14. The van der Waals surface area contributed by atoms with E-state index in [0.29, 0.717) is 25.4 Å². The number of aliphatic hydroxyl groups excluding tert-OH is 1. The molecule has 0 spiro atoms. The number of aliphatic hydroxyl groups is 1. The number of carbonyl (C=O) groups excluding carboxylic acids is 1. The predicted molar refractivity (Wildman–Crippen MR) is 93.4 cm³/mol. The molecule has 2 rings (SSSR count). The highest BCUT2D eigenvalue weighted by atomic mass is 19.1. The molecule has 1 unspecified atom stereocenters. The van der Waals surface area contributed by atoms with Gasteiger partial charge in [-0.3, -0.25) is 9.69 Å². The van der Waals surface area contributed by atoms with Crippen molar-refractivity contribution in [3.05, 3.63) is 66.0 Å². The predicted octanol–water partition coefficient (Wildman–Crippen LogP) is 1.94. The number of ether oxygens (including phenoxy) is 1. The number of primary amides is 1. The molecule has 0 fully saturated rings. The van der Waals surface area contributed by atoms with Gasteiger partial charge in [0.25, 0.3) is 0 Å². The summed E-state index contributed by atoms with van der Waals surface area (Å²) >= 11 is 0. The third kappa shape index (κ3) is 7.32. The minimum atomic E-state index is -0.748. The van der Waals surface area contributed by atoms with E-state index in [9.17, 15) is 14.3 Å². The first-order valence-corrected chi connectivity index (χ1v) is 8.14. The molecule has 134 valence electrons. The third-order valence-corrected chi connectivity index (χ3v) is 3.65. The zero-order chi connectivity index (χ0) is 18.1. The monoisotopic (exact) mass is 346 g/mol. The summed E-state index contributed by atoms with van der Waals surface area (Å²) in [4.78, 5) is 13.0. The van der Waals surface area contributed by atoms with Crippen LogP contribution >= 0.6 is 0 Å². The number of carbonyl (C=O) groups is 1. The molecule has 0 aliphatic carbocycles. The zero-order valence-electron chi connectivity index (χ0n) is 14.0. The molecule has 6 heteroatoms. The molecular formula is C19H23FN2O3. The topological polar surface area (TPSA) is 75.8 Å². The number of rotatable bonds is 10. The molecule has 0 aliphatic rings. The van der Waals surface area contributed by atoms with Gasteiger partial charge >= 0.3 is 0 Å². The van der Waals surface area contributed by atoms with Gasteiger partial charge in [0, 0.05) is 26.1 Å². The van der Waals surface area contributed by atoms with Gasteiger partial charge < -0.3 is 15.6 Å². The molecule has 0 saturated heterocycles. The Labute approximate surface area is 146 Å². The van der Waals surface area contributed by atoms with E-state index in [1.54, 1.807) is 0 Å². The largest absolute Gasteiger partial charge is 0.491 e. The van der Waals surface area contributed by atoms with Crippen LogP contribution in [0, 0.1) is 5.82 Å². The first kappa shape index (κ1) is 18.9. The molecule has 0 heterocycles. The molecule has 25 heavy (non-hydrogen) atoms. The van der Waals surface area contributed by atoms with Crippen LogP contribution in [0.4, 0.5) is 4.39 Å². The number of benzene rings is 2. The third-order valence-electron chi connectivity index (χ3n) is 3.65. The van der Waals surface area contributed by atoms with E-state index in [1.807, 2.05) is 35.2 Å². The van der Waals surface area contributed by atoms with Crippen molar-refractivity contribution in [1.82, 2.24) is 4.90 Å². The lowest BCUT2D eigenvalue weighted by atomic mass is 10.2. The summed E-state index contributed by atoms with van der Waals surface area (Å²) in [6.45, 7) is 1.47. The summed E-state index contributed by atoms with van der Waals surface area (Å²) in [5.74, 6) is -0.226. The van der Waals surface area contributed by atoms with E-state index in [-0.39, 0.29) is 24.8 Å². The number of nitrogens with two attached hydrogens (primary N) is 1. The van der Waals surface area contributed by atoms with Gasteiger partial charge in [0.15, 0.2) is 0 Å². The van der Waals surface area contributed by atoms with Gasteiger partial charge in [-0.2, -0.15) is 0 Å². The Hall–Kier alpha value is -2.44. The smallest absolute Gasteiger partial charge is 0.218 e. The number of halogens is 1. The van der Waals surface area contributed by atoms with Gasteiger partial charge in [-0.05, 0) is 29.8 Å². The summed E-state index contributed by atoms with van der Waals surface area (Å²) in [7, 11) is 0. The average molecular weight is 346 g/mol. The molecule has 0 saturated carbocycles. The van der Waals surface area contributed by atoms with Gasteiger partial charge in [0.2, 0.25) is 5.91 Å². The van der Waals surface area contributed by atoms with E-state index >= 15 is 0 Å². The van der Waals surface area contributed by atoms with E-state index in [4.69, 9.17) is 10.5 Å². The Morgan fingerprint density at radius 2 is 1.84 bits per heavy atom. The number of hydrogen-bond donors (Lipinski definition) is 2. The minimum Gasteiger partial charge on any atom is -0.491 e. The summed E-state index contributed by atoms with van der Waals surface area (Å²) in [6.07, 6.45) is -0.528. The molecule has 0 aliphatic heterocycles. The van der Waals surface area contributed by atoms with E-state index in [0.717, 1.165) is 5.56 Å². The van der Waals surface area contributed by atoms with Gasteiger partial charge in [-0.1, -0.05) is 30.3 Å². The van der Waals surface area contributed by atoms with Crippen molar-refractivity contribution in [3.63, 3.8) is 0 Å². The minimum absolute atomic E-state index is 0.0769. The second kappa shape index (κ2) is 9.76. The second-order valence-corrected chi connectivity index (χ2v) is 5.86. The van der Waals surface area contributed by atoms with Crippen LogP contribution < -0.4 is 10.5 Å². The molecule has 1 amide bonds. The standard InChI is InChI=1S/C19H23FN2O3/c20-16-6-8-18(9-7-16)25-14-17(23)13-22(11-10-19(21)24)12-15-4-2-1-3-5-15/h1-9,17,23H,10-14H2,(H2,21,24). The van der Waals surface area contributed by atoms with Crippen molar-refractivity contribution in [3.8, 4) is 5.75 Å². The number of hydrogen-bond acceptors (Lipinski definition) is 4. The summed E-state index contributed by atoms with van der Waals surface area (Å²) < 4.78 is 18.3. The van der Waals surface area contributed by atoms with Crippen molar-refractivity contribution in [1.29, 1.82) is 0 Å². The maximum atomic E-state index is 12.9. The fourth-order valence-corrected chi connectivity index (χ4v) is 2.42. The first-order valence-electron chi connectivity index (χ1n) is 8.14. The van der Waals surface area contributed by atoms with Crippen molar-refractivity contribution >= 4 is 5.91 Å². The SMILES string of the molecule is NC(=O)CCN(Cc1ccccc1)CC(O)COc1ccc(F)cc1. The molecule has 5 nitrogen and oxygen atoms in total. The summed E-state index contributed by atoms with van der Waals surface area (Å²) in [5.41, 5.74) is 6.31. The van der Waals surface area contributed by atoms with E-state index < -0.39 is 6.10 Å². The molecule has 2 aromatic carbocycles. The van der Waals surface area contributed by atoms with Crippen LogP contribution in [0.1, 0.15) is 12.0 Å². The Morgan fingerprint density at radius 3 is 2.48 bits per heavy atom. The maximum Gasteiger partial charge on any atom is 0.218 e.